The summed E-state index contributed by atoms with van der Waals surface area (Å²) in [5, 5.41) is 2.80. The van der Waals surface area contributed by atoms with Gasteiger partial charge in [-0.2, -0.15) is 4.31 Å². The second-order valence-corrected chi connectivity index (χ2v) is 9.16. The minimum absolute atomic E-state index is 0.141. The molecule has 0 aliphatic carbocycles. The quantitative estimate of drug-likeness (QED) is 0.656. The number of ether oxygens (including phenoxy) is 1. The number of amides is 1. The van der Waals surface area contributed by atoms with Gasteiger partial charge in [-0.3, -0.25) is 4.79 Å². The van der Waals surface area contributed by atoms with E-state index in [9.17, 15) is 13.2 Å². The molecule has 0 aliphatic heterocycles. The van der Waals surface area contributed by atoms with E-state index in [0.29, 0.717) is 30.2 Å². The Hall–Kier alpha value is -2.58. The molecule has 0 radical (unpaired) electrons. The summed E-state index contributed by atoms with van der Waals surface area (Å²) in [6.07, 6.45) is 0. The third-order valence-corrected chi connectivity index (χ3v) is 6.87. The normalized spacial score (nSPS) is 11.4. The van der Waals surface area contributed by atoms with Gasteiger partial charge in [0.1, 0.15) is 5.75 Å². The molecule has 1 N–H and O–H groups in total. The molecule has 0 spiro atoms. The SMILES string of the molecule is CCN(CC)S(=O)(=O)c1ccc(N(C)C)c(NC(=O)COc2c(C)cccc2C)c1. The minimum atomic E-state index is -3.64. The number of benzene rings is 2. The largest absolute Gasteiger partial charge is 0.483 e. The number of aryl methyl sites for hydroxylation is 2. The van der Waals surface area contributed by atoms with Gasteiger partial charge in [0, 0.05) is 27.2 Å². The number of nitrogens with one attached hydrogen (secondary N) is 1. The maximum absolute atomic E-state index is 12.9. The van der Waals surface area contributed by atoms with Crippen molar-refractivity contribution < 1.29 is 17.9 Å². The molecule has 8 heteroatoms. The summed E-state index contributed by atoms with van der Waals surface area (Å²) in [6, 6.07) is 10.5. The van der Waals surface area contributed by atoms with Gasteiger partial charge in [-0.1, -0.05) is 32.0 Å². The fourth-order valence-corrected chi connectivity index (χ4v) is 4.71. The third-order valence-electron chi connectivity index (χ3n) is 4.82. The molecule has 7 nitrogen and oxygen atoms in total. The second-order valence-electron chi connectivity index (χ2n) is 7.22. The van der Waals surface area contributed by atoms with E-state index in [4.69, 9.17) is 4.74 Å². The van der Waals surface area contributed by atoms with Crippen LogP contribution in [0, 0.1) is 13.8 Å². The first-order valence-electron chi connectivity index (χ1n) is 9.92. The van der Waals surface area contributed by atoms with Crippen LogP contribution in [-0.2, 0) is 14.8 Å². The summed E-state index contributed by atoms with van der Waals surface area (Å²) in [7, 11) is 0.0240. The lowest BCUT2D eigenvalue weighted by molar-refractivity contribution is -0.118. The topological polar surface area (TPSA) is 79.0 Å². The number of sulfonamides is 1. The van der Waals surface area contributed by atoms with Crippen molar-refractivity contribution in [3.63, 3.8) is 0 Å². The fraction of sp³-hybridized carbons (Fsp3) is 0.409. The molecule has 2 aromatic rings. The average molecular weight is 434 g/mol. The van der Waals surface area contributed by atoms with Crippen LogP contribution in [0.2, 0.25) is 0 Å². The summed E-state index contributed by atoms with van der Waals surface area (Å²) in [5.41, 5.74) is 3.02. The highest BCUT2D eigenvalue weighted by molar-refractivity contribution is 7.89. The van der Waals surface area contributed by atoms with Crippen LogP contribution in [0.25, 0.3) is 0 Å². The van der Waals surface area contributed by atoms with Gasteiger partial charge in [-0.05, 0) is 43.2 Å². The van der Waals surface area contributed by atoms with Gasteiger partial charge in [0.05, 0.1) is 16.3 Å². The molecule has 0 saturated carbocycles. The molecule has 0 unspecified atom stereocenters. The third kappa shape index (κ3) is 5.31. The lowest BCUT2D eigenvalue weighted by Crippen LogP contribution is -2.31. The lowest BCUT2D eigenvalue weighted by atomic mass is 10.1. The first-order valence-corrected chi connectivity index (χ1v) is 11.4. The molecule has 0 aliphatic rings. The molecule has 30 heavy (non-hydrogen) atoms. The van der Waals surface area contributed by atoms with E-state index in [-0.39, 0.29) is 17.4 Å². The Labute approximate surface area is 179 Å². The van der Waals surface area contributed by atoms with Crippen LogP contribution in [0.15, 0.2) is 41.3 Å². The number of carbonyl (C=O) groups is 1. The van der Waals surface area contributed by atoms with E-state index in [1.165, 1.54) is 10.4 Å². The highest BCUT2D eigenvalue weighted by Gasteiger charge is 2.23. The van der Waals surface area contributed by atoms with Gasteiger partial charge in [-0.15, -0.1) is 0 Å². The molecule has 164 valence electrons. The smallest absolute Gasteiger partial charge is 0.262 e. The van der Waals surface area contributed by atoms with Gasteiger partial charge in [0.15, 0.2) is 6.61 Å². The molecule has 2 aromatic carbocycles. The van der Waals surface area contributed by atoms with Crippen molar-refractivity contribution in [2.24, 2.45) is 0 Å². The van der Waals surface area contributed by atoms with Gasteiger partial charge in [0.2, 0.25) is 10.0 Å². The molecule has 0 saturated heterocycles. The predicted molar refractivity (Wildman–Crippen MR) is 121 cm³/mol. The molecule has 0 fully saturated rings. The number of anilines is 2. The van der Waals surface area contributed by atoms with Crippen LogP contribution in [0.5, 0.6) is 5.75 Å². The average Bonchev–Trinajstić information content (AvgIpc) is 2.68. The Morgan fingerprint density at radius 3 is 2.17 bits per heavy atom. The molecule has 0 bridgehead atoms. The fourth-order valence-electron chi connectivity index (χ4n) is 3.23. The monoisotopic (exact) mass is 433 g/mol. The number of hydrogen-bond acceptors (Lipinski definition) is 5. The van der Waals surface area contributed by atoms with E-state index in [0.717, 1.165) is 11.1 Å². The summed E-state index contributed by atoms with van der Waals surface area (Å²) in [4.78, 5) is 14.5. The van der Waals surface area contributed by atoms with E-state index >= 15 is 0 Å². The summed E-state index contributed by atoms with van der Waals surface area (Å²) in [5.74, 6) is 0.316. The number of hydrogen-bond donors (Lipinski definition) is 1. The van der Waals surface area contributed by atoms with Crippen molar-refractivity contribution in [3.05, 3.63) is 47.5 Å². The molecular weight excluding hydrogens is 402 g/mol. The standard InChI is InChI=1S/C22H31N3O4S/c1-7-25(8-2)30(27,28)18-12-13-20(24(5)6)19(14-18)23-21(26)15-29-22-16(3)10-9-11-17(22)4/h9-14H,7-8,15H2,1-6H3,(H,23,26). The predicted octanol–water partition coefficient (Wildman–Crippen LogP) is 3.42. The Morgan fingerprint density at radius 1 is 1.03 bits per heavy atom. The molecule has 0 heterocycles. The maximum atomic E-state index is 12.9. The number of rotatable bonds is 9. The van der Waals surface area contributed by atoms with E-state index in [1.807, 2.05) is 51.0 Å². The van der Waals surface area contributed by atoms with Crippen LogP contribution in [-0.4, -0.2) is 52.4 Å². The van der Waals surface area contributed by atoms with Crippen LogP contribution >= 0.6 is 0 Å². The Bertz CT molecular complexity index is 979. The number of carbonyl (C=O) groups excluding carboxylic acids is 1. The summed E-state index contributed by atoms with van der Waals surface area (Å²) >= 11 is 0. The minimum Gasteiger partial charge on any atom is -0.483 e. The van der Waals surface area contributed by atoms with Gasteiger partial charge >= 0.3 is 0 Å². The molecule has 0 aromatic heterocycles. The van der Waals surface area contributed by atoms with E-state index < -0.39 is 10.0 Å². The summed E-state index contributed by atoms with van der Waals surface area (Å²) in [6.45, 7) is 8.01. The first-order chi connectivity index (χ1) is 14.1. The zero-order chi connectivity index (χ0) is 22.5. The van der Waals surface area contributed by atoms with E-state index in [2.05, 4.69) is 5.32 Å². The highest BCUT2D eigenvalue weighted by atomic mass is 32.2. The highest BCUT2D eigenvalue weighted by Crippen LogP contribution is 2.29. The molecule has 2 rings (SSSR count). The van der Waals surface area contributed by atoms with Crippen molar-refractivity contribution >= 4 is 27.3 Å². The van der Waals surface area contributed by atoms with Crippen molar-refractivity contribution in [1.29, 1.82) is 0 Å². The van der Waals surface area contributed by atoms with Crippen LogP contribution in [0.4, 0.5) is 11.4 Å². The number of para-hydroxylation sites is 1. The zero-order valence-corrected chi connectivity index (χ0v) is 19.3. The van der Waals surface area contributed by atoms with Crippen molar-refractivity contribution in [1.82, 2.24) is 4.31 Å². The van der Waals surface area contributed by atoms with Gasteiger partial charge in [0.25, 0.3) is 5.91 Å². The Kier molecular flexibility index (Phi) is 7.86. The first kappa shape index (κ1) is 23.7. The van der Waals surface area contributed by atoms with Crippen LogP contribution in [0.3, 0.4) is 0 Å². The maximum Gasteiger partial charge on any atom is 0.262 e. The van der Waals surface area contributed by atoms with Crippen LogP contribution < -0.4 is 15.0 Å². The van der Waals surface area contributed by atoms with Crippen molar-refractivity contribution in [2.45, 2.75) is 32.6 Å². The molecule has 1 amide bonds. The lowest BCUT2D eigenvalue weighted by Gasteiger charge is -2.22. The molecule has 0 atom stereocenters. The van der Waals surface area contributed by atoms with Gasteiger partial charge < -0.3 is 15.0 Å². The second kappa shape index (κ2) is 9.95. The zero-order valence-electron chi connectivity index (χ0n) is 18.5. The Morgan fingerprint density at radius 2 is 1.63 bits per heavy atom. The van der Waals surface area contributed by atoms with E-state index in [1.54, 1.807) is 26.0 Å². The number of nitrogens with zero attached hydrogens (tertiary/aromatic N) is 2. The summed E-state index contributed by atoms with van der Waals surface area (Å²) < 4.78 is 32.9. The van der Waals surface area contributed by atoms with Gasteiger partial charge in [-0.25, -0.2) is 8.42 Å². The van der Waals surface area contributed by atoms with Crippen LogP contribution in [0.1, 0.15) is 25.0 Å². The molecular formula is C22H31N3O4S. The van der Waals surface area contributed by atoms with Crippen molar-refractivity contribution in [3.8, 4) is 5.75 Å². The Balaban J connectivity index is 2.27. The van der Waals surface area contributed by atoms with Crippen molar-refractivity contribution in [2.75, 3.05) is 44.0 Å².